The number of amides is 1. The second-order valence-corrected chi connectivity index (χ2v) is 5.69. The summed E-state index contributed by atoms with van der Waals surface area (Å²) in [5.41, 5.74) is 2.68. The largest absolute Gasteiger partial charge is 0.352 e. The van der Waals surface area contributed by atoms with Crippen LogP contribution in [0.1, 0.15) is 21.5 Å². The molecule has 110 valence electrons. The van der Waals surface area contributed by atoms with E-state index in [2.05, 4.69) is 5.32 Å². The van der Waals surface area contributed by atoms with Crippen LogP contribution in [0.2, 0.25) is 0 Å². The summed E-state index contributed by atoms with van der Waals surface area (Å²) in [7, 11) is 0. The van der Waals surface area contributed by atoms with E-state index in [1.54, 1.807) is 23.9 Å². The smallest absolute Gasteiger partial charge is 0.251 e. The van der Waals surface area contributed by atoms with E-state index >= 15 is 0 Å². The number of rotatable bonds is 5. The van der Waals surface area contributed by atoms with Crippen molar-refractivity contribution in [2.24, 2.45) is 0 Å². The van der Waals surface area contributed by atoms with Crippen molar-refractivity contribution in [3.63, 3.8) is 0 Å². The molecule has 0 saturated carbocycles. The van der Waals surface area contributed by atoms with Gasteiger partial charge in [0.15, 0.2) is 0 Å². The summed E-state index contributed by atoms with van der Waals surface area (Å²) in [5, 5.41) is 2.91. The van der Waals surface area contributed by atoms with Gasteiger partial charge in [-0.2, -0.15) is 0 Å². The Hall–Kier alpha value is -1.81. The van der Waals surface area contributed by atoms with Crippen molar-refractivity contribution in [1.29, 1.82) is 0 Å². The lowest BCUT2D eigenvalue weighted by atomic mass is 10.1. The van der Waals surface area contributed by atoms with Crippen LogP contribution in [0.3, 0.4) is 0 Å². The average Bonchev–Trinajstić information content (AvgIpc) is 2.49. The molecule has 2 nitrogen and oxygen atoms in total. The maximum Gasteiger partial charge on any atom is 0.251 e. The van der Waals surface area contributed by atoms with Gasteiger partial charge < -0.3 is 5.32 Å². The van der Waals surface area contributed by atoms with Gasteiger partial charge in [-0.15, -0.1) is 11.8 Å². The summed E-state index contributed by atoms with van der Waals surface area (Å²) in [5.74, 6) is -0.308. The highest BCUT2D eigenvalue weighted by atomic mass is 32.2. The summed E-state index contributed by atoms with van der Waals surface area (Å²) in [6, 6.07) is 12.2. The molecule has 1 amide bonds. The molecule has 0 radical (unpaired) electrons. The zero-order chi connectivity index (χ0) is 15.2. The predicted molar refractivity (Wildman–Crippen MR) is 85.4 cm³/mol. The van der Waals surface area contributed by atoms with Gasteiger partial charge in [-0.05, 0) is 55.0 Å². The summed E-state index contributed by atoms with van der Waals surface area (Å²) in [6.45, 7) is 2.46. The average molecular weight is 303 g/mol. The maximum atomic E-state index is 12.8. The van der Waals surface area contributed by atoms with Crippen LogP contribution in [-0.2, 0) is 6.42 Å². The Morgan fingerprint density at radius 1 is 1.19 bits per heavy atom. The number of aryl methyl sites for hydroxylation is 1. The van der Waals surface area contributed by atoms with E-state index in [-0.39, 0.29) is 11.7 Å². The highest BCUT2D eigenvalue weighted by molar-refractivity contribution is 7.98. The van der Waals surface area contributed by atoms with Gasteiger partial charge in [0.05, 0.1) is 0 Å². The van der Waals surface area contributed by atoms with Crippen LogP contribution in [0.5, 0.6) is 0 Å². The second-order valence-electron chi connectivity index (χ2n) is 4.81. The molecule has 4 heteroatoms. The first-order valence-electron chi connectivity index (χ1n) is 6.77. The summed E-state index contributed by atoms with van der Waals surface area (Å²) in [4.78, 5) is 13.3. The fourth-order valence-corrected chi connectivity index (χ4v) is 2.48. The van der Waals surface area contributed by atoms with Gasteiger partial charge in [0.25, 0.3) is 5.91 Å². The molecule has 0 aliphatic rings. The number of carbonyl (C=O) groups excluding carboxylic acids is 1. The van der Waals surface area contributed by atoms with Gasteiger partial charge in [-0.25, -0.2) is 4.39 Å². The molecule has 2 rings (SSSR count). The number of thioether (sulfide) groups is 1. The molecule has 2 aromatic carbocycles. The van der Waals surface area contributed by atoms with E-state index in [4.69, 9.17) is 0 Å². The molecule has 0 aliphatic heterocycles. The van der Waals surface area contributed by atoms with Gasteiger partial charge in [0, 0.05) is 17.0 Å². The van der Waals surface area contributed by atoms with Crippen molar-refractivity contribution in [3.05, 3.63) is 65.0 Å². The van der Waals surface area contributed by atoms with Gasteiger partial charge in [-0.1, -0.05) is 18.2 Å². The van der Waals surface area contributed by atoms with E-state index < -0.39 is 0 Å². The van der Waals surface area contributed by atoms with Gasteiger partial charge in [0.2, 0.25) is 0 Å². The minimum atomic E-state index is -0.243. The molecule has 0 bridgehead atoms. The lowest BCUT2D eigenvalue weighted by Crippen LogP contribution is -2.26. The number of halogens is 1. The zero-order valence-corrected chi connectivity index (χ0v) is 13.0. The zero-order valence-electron chi connectivity index (χ0n) is 12.2. The fourth-order valence-electron chi connectivity index (χ4n) is 2.04. The lowest BCUT2D eigenvalue weighted by Gasteiger charge is -2.09. The number of carbonyl (C=O) groups is 1. The fraction of sp³-hybridized carbons (Fsp3) is 0.235. The van der Waals surface area contributed by atoms with Gasteiger partial charge >= 0.3 is 0 Å². The molecular weight excluding hydrogens is 285 g/mol. The van der Waals surface area contributed by atoms with Crippen LogP contribution in [-0.4, -0.2) is 18.7 Å². The Labute approximate surface area is 128 Å². The Bertz CT molecular complexity index is 625. The van der Waals surface area contributed by atoms with Crippen LogP contribution >= 0.6 is 11.8 Å². The normalized spacial score (nSPS) is 10.4. The van der Waals surface area contributed by atoms with Crippen molar-refractivity contribution >= 4 is 17.7 Å². The Balaban J connectivity index is 1.94. The third-order valence-corrected chi connectivity index (χ3v) is 4.03. The predicted octanol–water partition coefficient (Wildman–Crippen LogP) is 3.83. The van der Waals surface area contributed by atoms with Crippen molar-refractivity contribution in [2.45, 2.75) is 18.2 Å². The molecule has 0 spiro atoms. The molecule has 0 unspecified atom stereocenters. The van der Waals surface area contributed by atoms with Crippen molar-refractivity contribution < 1.29 is 9.18 Å². The van der Waals surface area contributed by atoms with E-state index in [1.165, 1.54) is 12.1 Å². The Morgan fingerprint density at radius 3 is 2.57 bits per heavy atom. The molecule has 2 aromatic rings. The molecule has 1 N–H and O–H groups in total. The van der Waals surface area contributed by atoms with Crippen LogP contribution in [0.25, 0.3) is 0 Å². The van der Waals surface area contributed by atoms with Crippen LogP contribution < -0.4 is 5.32 Å². The third kappa shape index (κ3) is 4.33. The minimum Gasteiger partial charge on any atom is -0.352 e. The number of benzene rings is 2. The molecule has 0 saturated heterocycles. The van der Waals surface area contributed by atoms with Crippen LogP contribution in [0.15, 0.2) is 47.4 Å². The first kappa shape index (κ1) is 15.6. The van der Waals surface area contributed by atoms with E-state index in [1.807, 2.05) is 31.4 Å². The molecule has 0 aromatic heterocycles. The van der Waals surface area contributed by atoms with Gasteiger partial charge in [-0.3, -0.25) is 4.79 Å². The van der Waals surface area contributed by atoms with E-state index in [9.17, 15) is 9.18 Å². The molecule has 0 fully saturated rings. The molecular formula is C17H18FNOS. The highest BCUT2D eigenvalue weighted by Gasteiger charge is 2.09. The number of nitrogens with one attached hydrogen (secondary N) is 1. The molecule has 0 heterocycles. The van der Waals surface area contributed by atoms with Crippen molar-refractivity contribution in [2.75, 3.05) is 12.8 Å². The minimum absolute atomic E-state index is 0.0643. The number of hydrogen-bond acceptors (Lipinski definition) is 2. The first-order valence-corrected chi connectivity index (χ1v) is 8.00. The summed E-state index contributed by atoms with van der Waals surface area (Å²) >= 11 is 1.62. The second kappa shape index (κ2) is 7.27. The van der Waals surface area contributed by atoms with Crippen molar-refractivity contribution in [1.82, 2.24) is 5.32 Å². The monoisotopic (exact) mass is 303 g/mol. The third-order valence-electron chi connectivity index (χ3n) is 3.30. The summed E-state index contributed by atoms with van der Waals surface area (Å²) < 4.78 is 12.8. The standard InChI is InChI=1S/C17H18FNOS/c1-12-3-8-15(21-2)11-16(12)17(20)19-10-9-13-4-6-14(18)7-5-13/h3-8,11H,9-10H2,1-2H3,(H,19,20). The van der Waals surface area contributed by atoms with Crippen LogP contribution in [0, 0.1) is 12.7 Å². The van der Waals surface area contributed by atoms with E-state index in [0.29, 0.717) is 18.5 Å². The van der Waals surface area contributed by atoms with Crippen molar-refractivity contribution in [3.8, 4) is 0 Å². The highest BCUT2D eigenvalue weighted by Crippen LogP contribution is 2.19. The maximum absolute atomic E-state index is 12.8. The number of hydrogen-bond donors (Lipinski definition) is 1. The van der Waals surface area contributed by atoms with Crippen LogP contribution in [0.4, 0.5) is 4.39 Å². The first-order chi connectivity index (χ1) is 10.1. The van der Waals surface area contributed by atoms with E-state index in [0.717, 1.165) is 16.0 Å². The summed E-state index contributed by atoms with van der Waals surface area (Å²) in [6.07, 6.45) is 2.67. The molecule has 0 atom stereocenters. The quantitative estimate of drug-likeness (QED) is 0.851. The lowest BCUT2D eigenvalue weighted by molar-refractivity contribution is 0.0953. The molecule has 21 heavy (non-hydrogen) atoms. The Kier molecular flexibility index (Phi) is 5.39. The molecule has 0 aliphatic carbocycles. The topological polar surface area (TPSA) is 29.1 Å². The Morgan fingerprint density at radius 2 is 1.90 bits per heavy atom. The SMILES string of the molecule is CSc1ccc(C)c(C(=O)NCCc2ccc(F)cc2)c1. The van der Waals surface area contributed by atoms with Gasteiger partial charge in [0.1, 0.15) is 5.82 Å².